The molecule has 3 rings (SSSR count). The van der Waals surface area contributed by atoms with E-state index in [0.29, 0.717) is 17.6 Å². The van der Waals surface area contributed by atoms with Gasteiger partial charge in [-0.05, 0) is 52.0 Å². The molecule has 29 heavy (non-hydrogen) atoms. The molecule has 1 N–H and O–H groups in total. The Hall–Kier alpha value is -1.46. The van der Waals surface area contributed by atoms with Gasteiger partial charge in [0.15, 0.2) is 0 Å². The van der Waals surface area contributed by atoms with Crippen molar-refractivity contribution >= 4 is 22.4 Å². The van der Waals surface area contributed by atoms with Crippen LogP contribution in [0.5, 0.6) is 0 Å². The second-order valence-corrected chi connectivity index (χ2v) is 8.83. The summed E-state index contributed by atoms with van der Waals surface area (Å²) in [7, 11) is 2.19. The summed E-state index contributed by atoms with van der Waals surface area (Å²) >= 11 is 1.64. The molecule has 1 unspecified atom stereocenters. The topological polar surface area (TPSA) is 78.8 Å². The molecule has 2 aliphatic rings. The number of aromatic nitrogens is 2. The molecular formula is C18H29F3N4O3S. The number of likely N-dealkylation sites (N-methyl/N-ethyl adjacent to an activating group) is 1. The Balaban J connectivity index is 0.000000370. The highest BCUT2D eigenvalue weighted by Crippen LogP contribution is 2.41. The fraction of sp³-hybridized carbons (Fsp3) is 0.833. The minimum atomic E-state index is -5.08. The van der Waals surface area contributed by atoms with Crippen LogP contribution in [0.4, 0.5) is 18.3 Å². The van der Waals surface area contributed by atoms with E-state index in [1.807, 2.05) is 5.51 Å². The number of anilines is 1. The number of hydrogen-bond donors (Lipinski definition) is 1. The van der Waals surface area contributed by atoms with Gasteiger partial charge in [-0.3, -0.25) is 0 Å². The Labute approximate surface area is 172 Å². The first-order chi connectivity index (χ1) is 13.5. The number of carboxylic acids is 1. The van der Waals surface area contributed by atoms with Crippen molar-refractivity contribution in [1.82, 2.24) is 15.1 Å². The van der Waals surface area contributed by atoms with Crippen molar-refractivity contribution in [2.45, 2.75) is 57.9 Å². The highest BCUT2D eigenvalue weighted by Gasteiger charge is 2.40. The number of hydrogen-bond acceptors (Lipinski definition) is 7. The summed E-state index contributed by atoms with van der Waals surface area (Å²) in [6.07, 6.45) is 0.293. The number of carboxylic acid groups (broad SMARTS) is 1. The fourth-order valence-corrected chi connectivity index (χ4v) is 4.08. The van der Waals surface area contributed by atoms with Crippen molar-refractivity contribution in [1.29, 1.82) is 0 Å². The zero-order valence-electron chi connectivity index (χ0n) is 17.0. The molecule has 7 nitrogen and oxygen atoms in total. The van der Waals surface area contributed by atoms with Crippen LogP contribution in [-0.4, -0.2) is 77.8 Å². The van der Waals surface area contributed by atoms with Gasteiger partial charge in [-0.15, -0.1) is 10.2 Å². The molecule has 1 aromatic rings. The van der Waals surface area contributed by atoms with Gasteiger partial charge in [0.2, 0.25) is 5.13 Å². The maximum Gasteiger partial charge on any atom is 0.490 e. The van der Waals surface area contributed by atoms with Gasteiger partial charge >= 0.3 is 12.1 Å². The first-order valence-corrected chi connectivity index (χ1v) is 10.5. The van der Waals surface area contributed by atoms with Crippen molar-refractivity contribution in [3.05, 3.63) is 5.51 Å². The number of carbonyl (C=O) groups is 1. The normalized spacial score (nSPS) is 21.9. The summed E-state index contributed by atoms with van der Waals surface area (Å²) in [6, 6.07) is 0.592. The lowest BCUT2D eigenvalue weighted by molar-refractivity contribution is -0.192. The maximum atomic E-state index is 10.6. The summed E-state index contributed by atoms with van der Waals surface area (Å²) in [6.45, 7) is 8.67. The van der Waals surface area contributed by atoms with Gasteiger partial charge in [0, 0.05) is 25.7 Å². The first-order valence-electron chi connectivity index (χ1n) is 9.65. The molecule has 166 valence electrons. The molecule has 1 aromatic heterocycles. The van der Waals surface area contributed by atoms with Gasteiger partial charge in [-0.25, -0.2) is 4.79 Å². The summed E-state index contributed by atoms with van der Waals surface area (Å²) in [5.74, 6) is -2.76. The minimum absolute atomic E-state index is 0.411. The second-order valence-electron chi connectivity index (χ2n) is 8.02. The van der Waals surface area contributed by atoms with Gasteiger partial charge in [0.25, 0.3) is 0 Å². The SMILES string of the molecule is CC(C)N(C)CC1CCC2(CCN(c3nncs3)CC2)CO1.O=C(O)C(F)(F)F. The Morgan fingerprint density at radius 3 is 2.45 bits per heavy atom. The molecular weight excluding hydrogens is 409 g/mol. The van der Waals surface area contributed by atoms with Crippen LogP contribution in [0, 0.1) is 5.41 Å². The third kappa shape index (κ3) is 7.07. The van der Waals surface area contributed by atoms with E-state index in [-0.39, 0.29) is 0 Å². The van der Waals surface area contributed by atoms with Crippen molar-refractivity contribution in [3.8, 4) is 0 Å². The van der Waals surface area contributed by atoms with Gasteiger partial charge in [-0.2, -0.15) is 13.2 Å². The molecule has 0 radical (unpaired) electrons. The Bertz CT molecular complexity index is 625. The molecule has 2 fully saturated rings. The lowest BCUT2D eigenvalue weighted by Crippen LogP contribution is -2.47. The van der Waals surface area contributed by atoms with E-state index in [0.717, 1.165) is 31.4 Å². The average Bonchev–Trinajstić information content (AvgIpc) is 3.19. The maximum absolute atomic E-state index is 10.6. The fourth-order valence-electron chi connectivity index (χ4n) is 3.47. The average molecular weight is 439 g/mol. The zero-order chi connectivity index (χ0) is 21.7. The van der Waals surface area contributed by atoms with Gasteiger partial charge in [0.05, 0.1) is 12.7 Å². The zero-order valence-corrected chi connectivity index (χ0v) is 17.8. The van der Waals surface area contributed by atoms with Crippen molar-refractivity contribution in [3.63, 3.8) is 0 Å². The number of rotatable bonds is 4. The number of alkyl halides is 3. The molecule has 0 amide bonds. The van der Waals surface area contributed by atoms with E-state index < -0.39 is 12.1 Å². The molecule has 0 aromatic carbocycles. The van der Waals surface area contributed by atoms with Gasteiger partial charge < -0.3 is 19.6 Å². The van der Waals surface area contributed by atoms with Gasteiger partial charge in [-0.1, -0.05) is 11.3 Å². The molecule has 11 heteroatoms. The molecule has 1 spiro atoms. The molecule has 2 aliphatic heterocycles. The van der Waals surface area contributed by atoms with Crippen LogP contribution in [0.15, 0.2) is 5.51 Å². The standard InChI is InChI=1S/C16H28N4OS.C2HF3O2/c1-13(2)19(3)10-14-4-5-16(11-21-14)6-8-20(9-7-16)15-18-17-12-22-15;3-2(4,5)1(6)7/h12-14H,4-11H2,1-3H3;(H,6,7). The van der Waals surface area contributed by atoms with Crippen LogP contribution >= 0.6 is 11.3 Å². The Morgan fingerprint density at radius 1 is 1.41 bits per heavy atom. The predicted octanol–water partition coefficient (Wildman–Crippen LogP) is 3.28. The molecule has 0 bridgehead atoms. The third-order valence-electron chi connectivity index (χ3n) is 5.68. The largest absolute Gasteiger partial charge is 0.490 e. The van der Waals surface area contributed by atoms with Crippen molar-refractivity contribution < 1.29 is 27.8 Å². The van der Waals surface area contributed by atoms with Crippen LogP contribution < -0.4 is 4.90 Å². The lowest BCUT2D eigenvalue weighted by Gasteiger charge is -2.46. The molecule has 3 heterocycles. The highest BCUT2D eigenvalue weighted by atomic mass is 32.1. The van der Waals surface area contributed by atoms with Crippen LogP contribution in [-0.2, 0) is 9.53 Å². The lowest BCUT2D eigenvalue weighted by atomic mass is 9.73. The Kier molecular flexibility index (Phi) is 8.24. The summed E-state index contributed by atoms with van der Waals surface area (Å²) in [5.41, 5.74) is 2.23. The number of aliphatic carboxylic acids is 1. The number of nitrogens with zero attached hydrogens (tertiary/aromatic N) is 4. The summed E-state index contributed by atoms with van der Waals surface area (Å²) < 4.78 is 38.0. The van der Waals surface area contributed by atoms with E-state index in [1.54, 1.807) is 11.3 Å². The quantitative estimate of drug-likeness (QED) is 0.773. The van der Waals surface area contributed by atoms with Gasteiger partial charge in [0.1, 0.15) is 5.51 Å². The predicted molar refractivity (Wildman–Crippen MR) is 104 cm³/mol. The first kappa shape index (κ1) is 23.8. The smallest absolute Gasteiger partial charge is 0.475 e. The van der Waals surface area contributed by atoms with E-state index >= 15 is 0 Å². The number of ether oxygens (including phenoxy) is 1. The summed E-state index contributed by atoms with van der Waals surface area (Å²) in [5, 5.41) is 16.3. The minimum Gasteiger partial charge on any atom is -0.475 e. The van der Waals surface area contributed by atoms with Crippen molar-refractivity contribution in [2.24, 2.45) is 5.41 Å². The third-order valence-corrected chi connectivity index (χ3v) is 6.43. The van der Waals surface area contributed by atoms with Crippen LogP contribution in [0.2, 0.25) is 0 Å². The molecule has 0 aliphatic carbocycles. The van der Waals surface area contributed by atoms with E-state index in [1.165, 1.54) is 25.7 Å². The molecule has 0 saturated carbocycles. The van der Waals surface area contributed by atoms with E-state index in [9.17, 15) is 13.2 Å². The monoisotopic (exact) mass is 438 g/mol. The van der Waals surface area contributed by atoms with Crippen LogP contribution in [0.1, 0.15) is 39.5 Å². The number of halogens is 3. The molecule has 1 atom stereocenters. The Morgan fingerprint density at radius 2 is 2.03 bits per heavy atom. The second kappa shape index (κ2) is 10.0. The van der Waals surface area contributed by atoms with Crippen molar-refractivity contribution in [2.75, 3.05) is 38.2 Å². The molecule has 2 saturated heterocycles. The highest BCUT2D eigenvalue weighted by molar-refractivity contribution is 7.13. The van der Waals surface area contributed by atoms with E-state index in [4.69, 9.17) is 14.6 Å². The number of piperidine rings is 1. The van der Waals surface area contributed by atoms with Crippen LogP contribution in [0.25, 0.3) is 0 Å². The summed E-state index contributed by atoms with van der Waals surface area (Å²) in [4.78, 5) is 13.7. The van der Waals surface area contributed by atoms with E-state index in [2.05, 4.69) is 40.9 Å². The van der Waals surface area contributed by atoms with Crippen LogP contribution in [0.3, 0.4) is 0 Å².